The molecule has 0 spiro atoms. The maximum absolute atomic E-state index is 12.6. The molecule has 1 atom stereocenters. The van der Waals surface area contributed by atoms with Crippen molar-refractivity contribution in [2.75, 3.05) is 0 Å². The first-order chi connectivity index (χ1) is 11.4. The zero-order chi connectivity index (χ0) is 17.3. The largest absolute Gasteiger partial charge is 0.491 e. The van der Waals surface area contributed by atoms with Crippen LogP contribution in [-0.2, 0) is 13.5 Å². The topological polar surface area (TPSA) is 56.2 Å². The molecule has 1 aromatic heterocycles. The Morgan fingerprint density at radius 3 is 2.88 bits per heavy atom. The van der Waals surface area contributed by atoms with E-state index in [1.807, 2.05) is 33.9 Å². The lowest BCUT2D eigenvalue weighted by Gasteiger charge is -2.27. The highest BCUT2D eigenvalue weighted by Gasteiger charge is 2.24. The summed E-state index contributed by atoms with van der Waals surface area (Å²) in [6.45, 7) is 5.91. The van der Waals surface area contributed by atoms with Gasteiger partial charge in [-0.1, -0.05) is 6.07 Å². The molecule has 24 heavy (non-hydrogen) atoms. The molecule has 1 unspecified atom stereocenters. The van der Waals surface area contributed by atoms with Gasteiger partial charge < -0.3 is 10.1 Å². The molecule has 5 nitrogen and oxygen atoms in total. The van der Waals surface area contributed by atoms with Crippen LogP contribution in [0.1, 0.15) is 59.9 Å². The molecule has 128 valence electrons. The highest BCUT2D eigenvalue weighted by molar-refractivity contribution is 5.95. The number of carbonyl (C=O) groups excluding carboxylic acids is 1. The molecule has 5 heteroatoms. The lowest BCUT2D eigenvalue weighted by Crippen LogP contribution is -2.31. The lowest BCUT2D eigenvalue weighted by molar-refractivity contribution is 0.0932. The van der Waals surface area contributed by atoms with Crippen molar-refractivity contribution in [3.63, 3.8) is 0 Å². The van der Waals surface area contributed by atoms with Gasteiger partial charge in [-0.05, 0) is 63.3 Å². The van der Waals surface area contributed by atoms with Gasteiger partial charge in [-0.15, -0.1) is 0 Å². The number of nitrogens with one attached hydrogen (secondary N) is 1. The third-order valence-corrected chi connectivity index (χ3v) is 4.36. The van der Waals surface area contributed by atoms with Gasteiger partial charge in [0.15, 0.2) is 0 Å². The summed E-state index contributed by atoms with van der Waals surface area (Å²) in [5.41, 5.74) is 3.87. The van der Waals surface area contributed by atoms with E-state index in [1.165, 1.54) is 11.1 Å². The predicted octanol–water partition coefficient (Wildman–Crippen LogP) is 3.32. The van der Waals surface area contributed by atoms with Crippen LogP contribution < -0.4 is 10.1 Å². The number of hydrogen-bond acceptors (Lipinski definition) is 3. The quantitative estimate of drug-likeness (QED) is 0.937. The van der Waals surface area contributed by atoms with Gasteiger partial charge in [0, 0.05) is 13.2 Å². The molecule has 0 radical (unpaired) electrons. The highest BCUT2D eigenvalue weighted by atomic mass is 16.5. The maximum atomic E-state index is 12.6. The van der Waals surface area contributed by atoms with Crippen LogP contribution >= 0.6 is 0 Å². The number of amides is 1. The number of aromatic nitrogens is 2. The summed E-state index contributed by atoms with van der Waals surface area (Å²) in [5, 5.41) is 7.42. The van der Waals surface area contributed by atoms with Crippen molar-refractivity contribution >= 4 is 5.91 Å². The molecule has 3 rings (SSSR count). The van der Waals surface area contributed by atoms with Crippen LogP contribution in [0.5, 0.6) is 5.75 Å². The van der Waals surface area contributed by atoms with E-state index in [4.69, 9.17) is 4.74 Å². The molecule has 1 amide bonds. The Balaban J connectivity index is 1.79. The first-order valence-corrected chi connectivity index (χ1v) is 8.54. The van der Waals surface area contributed by atoms with Crippen LogP contribution in [0, 0.1) is 6.92 Å². The van der Waals surface area contributed by atoms with Crippen LogP contribution in [0.25, 0.3) is 0 Å². The summed E-state index contributed by atoms with van der Waals surface area (Å²) < 4.78 is 7.46. The molecule has 1 aliphatic rings. The smallest absolute Gasteiger partial charge is 0.255 e. The minimum absolute atomic E-state index is 0.0500. The van der Waals surface area contributed by atoms with Crippen LogP contribution in [0.3, 0.4) is 0 Å². The Labute approximate surface area is 143 Å². The second-order valence-electron chi connectivity index (χ2n) is 6.75. The van der Waals surface area contributed by atoms with Gasteiger partial charge in [0.05, 0.1) is 23.4 Å². The standard InChI is InChI=1S/C19H25N3O2/c1-12(2)24-15-8-9-16-14(10-15)6-5-7-18(16)20-19(23)17-11-22(4)21-13(17)3/h8-12,18H,5-7H2,1-4H3,(H,20,23). The van der Waals surface area contributed by atoms with E-state index in [1.54, 1.807) is 10.9 Å². The molecule has 1 aromatic carbocycles. The van der Waals surface area contributed by atoms with Crippen molar-refractivity contribution in [1.82, 2.24) is 15.1 Å². The van der Waals surface area contributed by atoms with E-state index in [0.29, 0.717) is 5.56 Å². The number of aryl methyl sites for hydroxylation is 3. The van der Waals surface area contributed by atoms with E-state index < -0.39 is 0 Å². The second kappa shape index (κ2) is 6.67. The van der Waals surface area contributed by atoms with Crippen LogP contribution in [-0.4, -0.2) is 21.8 Å². The molecule has 0 aliphatic heterocycles. The van der Waals surface area contributed by atoms with Gasteiger partial charge in [0.25, 0.3) is 5.91 Å². The van der Waals surface area contributed by atoms with E-state index in [-0.39, 0.29) is 18.1 Å². The minimum atomic E-state index is -0.0547. The molecule has 1 aliphatic carbocycles. The Morgan fingerprint density at radius 2 is 2.21 bits per heavy atom. The molecular formula is C19H25N3O2. The van der Waals surface area contributed by atoms with E-state index in [9.17, 15) is 4.79 Å². The number of ether oxygens (including phenoxy) is 1. The number of carbonyl (C=O) groups is 1. The zero-order valence-electron chi connectivity index (χ0n) is 14.8. The van der Waals surface area contributed by atoms with Crippen LogP contribution in [0.2, 0.25) is 0 Å². The molecular weight excluding hydrogens is 302 g/mol. The SMILES string of the molecule is Cc1nn(C)cc1C(=O)NC1CCCc2cc(OC(C)C)ccc21. The van der Waals surface area contributed by atoms with E-state index in [0.717, 1.165) is 30.7 Å². The minimum Gasteiger partial charge on any atom is -0.491 e. The summed E-state index contributed by atoms with van der Waals surface area (Å²) in [4.78, 5) is 12.6. The first-order valence-electron chi connectivity index (χ1n) is 8.54. The third-order valence-electron chi connectivity index (χ3n) is 4.36. The highest BCUT2D eigenvalue weighted by Crippen LogP contribution is 2.32. The summed E-state index contributed by atoms with van der Waals surface area (Å²) in [6, 6.07) is 6.25. The number of nitrogens with zero attached hydrogens (tertiary/aromatic N) is 2. The van der Waals surface area contributed by atoms with Gasteiger partial charge in [0.1, 0.15) is 5.75 Å². The summed E-state index contributed by atoms with van der Waals surface area (Å²) >= 11 is 0. The molecule has 0 fully saturated rings. The van der Waals surface area contributed by atoms with Crippen LogP contribution in [0.15, 0.2) is 24.4 Å². The van der Waals surface area contributed by atoms with Crippen molar-refractivity contribution in [3.05, 3.63) is 46.8 Å². The zero-order valence-corrected chi connectivity index (χ0v) is 14.8. The molecule has 0 saturated heterocycles. The number of fused-ring (bicyclic) bond motifs is 1. The molecule has 2 aromatic rings. The Kier molecular flexibility index (Phi) is 4.60. The van der Waals surface area contributed by atoms with Crippen molar-refractivity contribution in [2.24, 2.45) is 7.05 Å². The fraction of sp³-hybridized carbons (Fsp3) is 0.474. The average molecular weight is 327 g/mol. The summed E-state index contributed by atoms with van der Waals surface area (Å²) in [5.74, 6) is 0.847. The van der Waals surface area contributed by atoms with Crippen molar-refractivity contribution in [1.29, 1.82) is 0 Å². The van der Waals surface area contributed by atoms with Crippen molar-refractivity contribution < 1.29 is 9.53 Å². The number of hydrogen-bond donors (Lipinski definition) is 1. The Morgan fingerprint density at radius 1 is 1.42 bits per heavy atom. The number of rotatable bonds is 4. The van der Waals surface area contributed by atoms with Crippen molar-refractivity contribution in [3.8, 4) is 5.75 Å². The van der Waals surface area contributed by atoms with Gasteiger partial charge >= 0.3 is 0 Å². The molecule has 1 heterocycles. The maximum Gasteiger partial charge on any atom is 0.255 e. The fourth-order valence-corrected chi connectivity index (χ4v) is 3.34. The first kappa shape index (κ1) is 16.6. The van der Waals surface area contributed by atoms with Gasteiger partial charge in [-0.3, -0.25) is 9.48 Å². The monoisotopic (exact) mass is 327 g/mol. The van der Waals surface area contributed by atoms with Crippen molar-refractivity contribution in [2.45, 2.75) is 52.2 Å². The second-order valence-corrected chi connectivity index (χ2v) is 6.75. The third kappa shape index (κ3) is 3.45. The van der Waals surface area contributed by atoms with E-state index >= 15 is 0 Å². The average Bonchev–Trinajstić information content (AvgIpc) is 2.85. The fourth-order valence-electron chi connectivity index (χ4n) is 3.34. The Bertz CT molecular complexity index is 749. The molecule has 0 saturated carbocycles. The van der Waals surface area contributed by atoms with E-state index in [2.05, 4.69) is 22.5 Å². The predicted molar refractivity (Wildman–Crippen MR) is 93.3 cm³/mol. The normalized spacial score (nSPS) is 16.8. The molecule has 1 N–H and O–H groups in total. The van der Waals surface area contributed by atoms with Gasteiger partial charge in [0.2, 0.25) is 0 Å². The summed E-state index contributed by atoms with van der Waals surface area (Å²) in [7, 11) is 1.83. The van der Waals surface area contributed by atoms with Gasteiger partial charge in [-0.25, -0.2) is 0 Å². The van der Waals surface area contributed by atoms with Gasteiger partial charge in [-0.2, -0.15) is 5.10 Å². The van der Waals surface area contributed by atoms with Crippen LogP contribution in [0.4, 0.5) is 0 Å². The summed E-state index contributed by atoms with van der Waals surface area (Å²) in [6.07, 6.45) is 4.99. The Hall–Kier alpha value is -2.30. The number of benzene rings is 1. The lowest BCUT2D eigenvalue weighted by atomic mass is 9.87. The molecule has 0 bridgehead atoms.